The number of benzene rings is 1. The van der Waals surface area contributed by atoms with Crippen LogP contribution in [0.4, 0.5) is 0 Å². The fraction of sp³-hybridized carbons (Fsp3) is 0.632. The average molecular weight is 333 g/mol. The van der Waals surface area contributed by atoms with Crippen LogP contribution in [-0.2, 0) is 11.3 Å². The van der Waals surface area contributed by atoms with E-state index in [4.69, 9.17) is 0 Å². The van der Waals surface area contributed by atoms with Gasteiger partial charge in [0.05, 0.1) is 13.2 Å². The second-order valence-electron chi connectivity index (χ2n) is 6.94. The van der Waals surface area contributed by atoms with Crippen LogP contribution < -0.4 is 0 Å². The molecule has 1 amide bonds. The lowest BCUT2D eigenvalue weighted by Crippen LogP contribution is -2.44. The Morgan fingerprint density at radius 3 is 2.58 bits per heavy atom. The first-order valence-corrected chi connectivity index (χ1v) is 8.86. The molecular formula is C19H31N3O2. The van der Waals surface area contributed by atoms with Gasteiger partial charge in [-0.15, -0.1) is 0 Å². The van der Waals surface area contributed by atoms with Crippen molar-refractivity contribution in [2.45, 2.75) is 32.9 Å². The maximum atomic E-state index is 12.5. The Balaban J connectivity index is 1.83. The minimum Gasteiger partial charge on any atom is -0.395 e. The number of aliphatic hydroxyl groups excluding tert-OH is 1. The molecule has 1 aliphatic rings. The first kappa shape index (κ1) is 18.9. The zero-order valence-electron chi connectivity index (χ0n) is 15.2. The lowest BCUT2D eigenvalue weighted by atomic mass is 10.1. The summed E-state index contributed by atoms with van der Waals surface area (Å²) in [6.45, 7) is 8.99. The van der Waals surface area contributed by atoms with E-state index < -0.39 is 0 Å². The largest absolute Gasteiger partial charge is 0.395 e. The molecule has 0 radical (unpaired) electrons. The highest BCUT2D eigenvalue weighted by atomic mass is 16.3. The Kier molecular flexibility index (Phi) is 7.21. The summed E-state index contributed by atoms with van der Waals surface area (Å²) >= 11 is 0. The van der Waals surface area contributed by atoms with Crippen LogP contribution in [0.3, 0.4) is 0 Å². The molecule has 1 saturated heterocycles. The van der Waals surface area contributed by atoms with Crippen molar-refractivity contribution in [3.63, 3.8) is 0 Å². The molecule has 0 aromatic heterocycles. The molecule has 0 saturated carbocycles. The van der Waals surface area contributed by atoms with Crippen LogP contribution in [-0.4, -0.2) is 78.1 Å². The maximum Gasteiger partial charge on any atom is 0.236 e. The number of aliphatic hydroxyl groups is 1. The quantitative estimate of drug-likeness (QED) is 0.853. The van der Waals surface area contributed by atoms with Crippen molar-refractivity contribution in [2.75, 3.05) is 46.4 Å². The topological polar surface area (TPSA) is 47.0 Å². The summed E-state index contributed by atoms with van der Waals surface area (Å²) in [5.74, 6) is 0.162. The summed E-state index contributed by atoms with van der Waals surface area (Å²) < 4.78 is 0. The molecule has 1 aromatic rings. The molecule has 1 atom stereocenters. The van der Waals surface area contributed by atoms with Crippen LogP contribution in [0, 0.1) is 6.92 Å². The maximum absolute atomic E-state index is 12.5. The Morgan fingerprint density at radius 1 is 1.21 bits per heavy atom. The lowest BCUT2D eigenvalue weighted by Gasteiger charge is -2.27. The standard InChI is InChI=1S/C19H31N3O2/c1-16-5-7-18(8-6-16)13-21-9-4-10-22(12-11-21)19(24)14-20(3)17(2)15-23/h5-8,17,23H,4,9-15H2,1-3H3. The van der Waals surface area contributed by atoms with Crippen LogP contribution in [0.25, 0.3) is 0 Å². The number of aryl methyl sites for hydroxylation is 1. The van der Waals surface area contributed by atoms with Gasteiger partial charge in [-0.1, -0.05) is 29.8 Å². The second kappa shape index (κ2) is 9.16. The Bertz CT molecular complexity index is 518. The predicted molar refractivity (Wildman–Crippen MR) is 96.8 cm³/mol. The van der Waals surface area contributed by atoms with Gasteiger partial charge in [0.15, 0.2) is 0 Å². The SMILES string of the molecule is Cc1ccc(CN2CCCN(C(=O)CN(C)C(C)CO)CC2)cc1. The normalized spacial score (nSPS) is 17.8. The summed E-state index contributed by atoms with van der Waals surface area (Å²) in [4.78, 5) is 18.8. The van der Waals surface area contributed by atoms with E-state index in [1.54, 1.807) is 0 Å². The van der Waals surface area contributed by atoms with E-state index in [-0.39, 0.29) is 18.6 Å². The third-order valence-corrected chi connectivity index (χ3v) is 4.87. The summed E-state index contributed by atoms with van der Waals surface area (Å²) in [6, 6.07) is 8.70. The molecule has 1 unspecified atom stereocenters. The van der Waals surface area contributed by atoms with Crippen molar-refractivity contribution in [3.05, 3.63) is 35.4 Å². The summed E-state index contributed by atoms with van der Waals surface area (Å²) in [6.07, 6.45) is 1.01. The molecule has 5 heteroatoms. The van der Waals surface area contributed by atoms with Crippen molar-refractivity contribution in [2.24, 2.45) is 0 Å². The minimum atomic E-state index is 0.0129. The van der Waals surface area contributed by atoms with Gasteiger partial charge in [0.25, 0.3) is 0 Å². The van der Waals surface area contributed by atoms with Crippen LogP contribution >= 0.6 is 0 Å². The molecule has 0 bridgehead atoms. The summed E-state index contributed by atoms with van der Waals surface area (Å²) in [7, 11) is 1.89. The lowest BCUT2D eigenvalue weighted by molar-refractivity contribution is -0.132. The second-order valence-corrected chi connectivity index (χ2v) is 6.94. The first-order chi connectivity index (χ1) is 11.5. The number of hydrogen-bond donors (Lipinski definition) is 1. The number of hydrogen-bond acceptors (Lipinski definition) is 4. The van der Waals surface area contributed by atoms with Gasteiger partial charge in [-0.2, -0.15) is 0 Å². The number of carbonyl (C=O) groups excluding carboxylic acids is 1. The number of amides is 1. The third-order valence-electron chi connectivity index (χ3n) is 4.87. The molecule has 0 aliphatic carbocycles. The first-order valence-electron chi connectivity index (χ1n) is 8.86. The zero-order chi connectivity index (χ0) is 17.5. The van der Waals surface area contributed by atoms with Gasteiger partial charge in [-0.3, -0.25) is 14.6 Å². The van der Waals surface area contributed by atoms with Crippen LogP contribution in [0.15, 0.2) is 24.3 Å². The molecular weight excluding hydrogens is 302 g/mol. The summed E-state index contributed by atoms with van der Waals surface area (Å²) in [5, 5.41) is 9.19. The van der Waals surface area contributed by atoms with E-state index >= 15 is 0 Å². The zero-order valence-corrected chi connectivity index (χ0v) is 15.2. The van der Waals surface area contributed by atoms with Crippen molar-refractivity contribution >= 4 is 5.91 Å². The minimum absolute atomic E-state index is 0.0129. The molecule has 2 rings (SSSR count). The monoisotopic (exact) mass is 333 g/mol. The van der Waals surface area contributed by atoms with E-state index in [1.165, 1.54) is 11.1 Å². The molecule has 5 nitrogen and oxygen atoms in total. The van der Waals surface area contributed by atoms with Gasteiger partial charge in [0, 0.05) is 38.8 Å². The molecule has 1 aliphatic heterocycles. The van der Waals surface area contributed by atoms with E-state index in [9.17, 15) is 9.90 Å². The van der Waals surface area contributed by atoms with Gasteiger partial charge in [-0.25, -0.2) is 0 Å². The van der Waals surface area contributed by atoms with Gasteiger partial charge < -0.3 is 10.0 Å². The van der Waals surface area contributed by atoms with Gasteiger partial charge in [0.2, 0.25) is 5.91 Å². The van der Waals surface area contributed by atoms with E-state index in [0.29, 0.717) is 6.54 Å². The van der Waals surface area contributed by atoms with Crippen LogP contribution in [0.5, 0.6) is 0 Å². The molecule has 1 aromatic carbocycles. The molecule has 1 N–H and O–H groups in total. The van der Waals surface area contributed by atoms with Crippen LogP contribution in [0.1, 0.15) is 24.5 Å². The Morgan fingerprint density at radius 2 is 1.92 bits per heavy atom. The van der Waals surface area contributed by atoms with Crippen LogP contribution in [0.2, 0.25) is 0 Å². The highest BCUT2D eigenvalue weighted by molar-refractivity contribution is 5.78. The molecule has 1 heterocycles. The molecule has 0 spiro atoms. The van der Waals surface area contributed by atoms with E-state index in [1.807, 2.05) is 23.8 Å². The molecule has 1 fully saturated rings. The molecule has 24 heavy (non-hydrogen) atoms. The van der Waals surface area contributed by atoms with Gasteiger partial charge >= 0.3 is 0 Å². The van der Waals surface area contributed by atoms with Gasteiger partial charge in [-0.05, 0) is 32.9 Å². The van der Waals surface area contributed by atoms with E-state index in [2.05, 4.69) is 36.1 Å². The number of likely N-dealkylation sites (N-methyl/N-ethyl adjacent to an activating group) is 1. The van der Waals surface area contributed by atoms with Crippen molar-refractivity contribution < 1.29 is 9.90 Å². The van der Waals surface area contributed by atoms with E-state index in [0.717, 1.165) is 39.1 Å². The fourth-order valence-electron chi connectivity index (χ4n) is 2.94. The average Bonchev–Trinajstić information content (AvgIpc) is 2.81. The highest BCUT2D eigenvalue weighted by Gasteiger charge is 2.21. The predicted octanol–water partition coefficient (Wildman–Crippen LogP) is 1.34. The Labute approximate surface area is 145 Å². The smallest absolute Gasteiger partial charge is 0.236 e. The Hall–Kier alpha value is -1.43. The fourth-order valence-corrected chi connectivity index (χ4v) is 2.94. The highest BCUT2D eigenvalue weighted by Crippen LogP contribution is 2.11. The third kappa shape index (κ3) is 5.58. The number of rotatable bonds is 6. The van der Waals surface area contributed by atoms with Crippen molar-refractivity contribution in [1.29, 1.82) is 0 Å². The summed E-state index contributed by atoms with van der Waals surface area (Å²) in [5.41, 5.74) is 2.62. The van der Waals surface area contributed by atoms with Gasteiger partial charge in [0.1, 0.15) is 0 Å². The molecule has 134 valence electrons. The van der Waals surface area contributed by atoms with Crippen molar-refractivity contribution in [3.8, 4) is 0 Å². The van der Waals surface area contributed by atoms with Crippen molar-refractivity contribution in [1.82, 2.24) is 14.7 Å². The number of carbonyl (C=O) groups is 1. The number of nitrogens with zero attached hydrogens (tertiary/aromatic N) is 3.